The number of halogens is 1. The zero-order valence-electron chi connectivity index (χ0n) is 5.64. The summed E-state index contributed by atoms with van der Waals surface area (Å²) in [7, 11) is 0. The van der Waals surface area contributed by atoms with Gasteiger partial charge >= 0.3 is 0 Å². The van der Waals surface area contributed by atoms with Gasteiger partial charge in [0, 0.05) is 5.33 Å². The van der Waals surface area contributed by atoms with Crippen molar-refractivity contribution in [3.05, 3.63) is 0 Å². The lowest BCUT2D eigenvalue weighted by molar-refractivity contribution is 0.0381. The number of alkyl halides is 1. The Morgan fingerprint density at radius 2 is 2.33 bits per heavy atom. The topological polar surface area (TPSA) is 29.5 Å². The van der Waals surface area contributed by atoms with Crippen molar-refractivity contribution in [2.24, 2.45) is 0 Å². The third-order valence-corrected chi connectivity index (χ3v) is 1.47. The lowest BCUT2D eigenvalue weighted by atomic mass is 10.3. The lowest BCUT2D eigenvalue weighted by Crippen LogP contribution is -2.11. The minimum absolute atomic E-state index is 0.118. The van der Waals surface area contributed by atoms with Crippen LogP contribution in [0.5, 0.6) is 0 Å². The van der Waals surface area contributed by atoms with Crippen LogP contribution in [0.1, 0.15) is 13.3 Å². The number of hydrogen-bond donors (Lipinski definition) is 1. The van der Waals surface area contributed by atoms with Crippen LogP contribution in [0, 0.1) is 0 Å². The molecule has 0 bridgehead atoms. The quantitative estimate of drug-likeness (QED) is 0.670. The molecule has 0 saturated heterocycles. The molecule has 0 amide bonds. The second-order valence-corrected chi connectivity index (χ2v) is 2.68. The highest BCUT2D eigenvalue weighted by molar-refractivity contribution is 9.09. The highest BCUT2D eigenvalue weighted by Gasteiger charge is 1.97. The molecule has 0 spiro atoms. The third-order valence-electron chi connectivity index (χ3n) is 1.01. The van der Waals surface area contributed by atoms with E-state index in [9.17, 15) is 0 Å². The molecule has 3 heteroatoms. The standard InChI is InChI=1S/C6H13BrO2/c1-6(2-3-7)9-5-4-8/h6,8H,2-5H2,1H3. The van der Waals surface area contributed by atoms with Gasteiger partial charge in [-0.15, -0.1) is 0 Å². The van der Waals surface area contributed by atoms with Crippen molar-refractivity contribution in [1.29, 1.82) is 0 Å². The molecular formula is C6H13BrO2. The van der Waals surface area contributed by atoms with Gasteiger partial charge in [0.2, 0.25) is 0 Å². The SMILES string of the molecule is CC(CCBr)OCCO. The molecule has 1 unspecified atom stereocenters. The molecule has 1 atom stereocenters. The largest absolute Gasteiger partial charge is 0.394 e. The molecule has 2 nitrogen and oxygen atoms in total. The highest BCUT2D eigenvalue weighted by Crippen LogP contribution is 1.98. The first kappa shape index (κ1) is 9.40. The molecular weight excluding hydrogens is 184 g/mol. The first-order valence-electron chi connectivity index (χ1n) is 3.09. The second-order valence-electron chi connectivity index (χ2n) is 1.88. The Balaban J connectivity index is 2.95. The maximum Gasteiger partial charge on any atom is 0.0701 e. The Kier molecular flexibility index (Phi) is 6.81. The summed E-state index contributed by atoms with van der Waals surface area (Å²) >= 11 is 3.30. The van der Waals surface area contributed by atoms with E-state index < -0.39 is 0 Å². The van der Waals surface area contributed by atoms with E-state index >= 15 is 0 Å². The van der Waals surface area contributed by atoms with Crippen LogP contribution in [-0.2, 0) is 4.74 Å². The van der Waals surface area contributed by atoms with Crippen molar-refractivity contribution < 1.29 is 9.84 Å². The van der Waals surface area contributed by atoms with Crippen LogP contribution in [0.2, 0.25) is 0 Å². The number of ether oxygens (including phenoxy) is 1. The molecule has 0 aliphatic rings. The monoisotopic (exact) mass is 196 g/mol. The van der Waals surface area contributed by atoms with Crippen molar-refractivity contribution >= 4 is 15.9 Å². The third kappa shape index (κ3) is 6.28. The van der Waals surface area contributed by atoms with Crippen molar-refractivity contribution in [2.75, 3.05) is 18.5 Å². The first-order valence-corrected chi connectivity index (χ1v) is 4.21. The van der Waals surface area contributed by atoms with E-state index in [-0.39, 0.29) is 12.7 Å². The van der Waals surface area contributed by atoms with Crippen LogP contribution < -0.4 is 0 Å². The summed E-state index contributed by atoms with van der Waals surface area (Å²) in [4.78, 5) is 0. The van der Waals surface area contributed by atoms with Gasteiger partial charge in [0.15, 0.2) is 0 Å². The van der Waals surface area contributed by atoms with Gasteiger partial charge in [-0.1, -0.05) is 15.9 Å². The molecule has 0 aromatic rings. The molecule has 0 fully saturated rings. The van der Waals surface area contributed by atoms with Crippen LogP contribution in [0.15, 0.2) is 0 Å². The summed E-state index contributed by atoms with van der Waals surface area (Å²) in [6.07, 6.45) is 1.26. The van der Waals surface area contributed by atoms with E-state index in [1.54, 1.807) is 0 Å². The molecule has 0 radical (unpaired) electrons. The Hall–Kier alpha value is 0.400. The Labute approximate surface area is 64.3 Å². The average Bonchev–Trinajstić information content (AvgIpc) is 1.85. The Bertz CT molecular complexity index is 59.0. The summed E-state index contributed by atoms with van der Waals surface area (Å²) in [6.45, 7) is 2.57. The van der Waals surface area contributed by atoms with Gasteiger partial charge in [-0.05, 0) is 13.3 Å². The zero-order valence-corrected chi connectivity index (χ0v) is 7.23. The van der Waals surface area contributed by atoms with E-state index in [1.165, 1.54) is 0 Å². The molecule has 9 heavy (non-hydrogen) atoms. The summed E-state index contributed by atoms with van der Waals surface area (Å²) < 4.78 is 5.15. The molecule has 0 aliphatic carbocycles. The molecule has 0 aromatic heterocycles. The minimum Gasteiger partial charge on any atom is -0.394 e. The fourth-order valence-electron chi connectivity index (χ4n) is 0.491. The Morgan fingerprint density at radius 3 is 2.78 bits per heavy atom. The predicted octanol–water partition coefficient (Wildman–Crippen LogP) is 1.17. The molecule has 0 aliphatic heterocycles. The summed E-state index contributed by atoms with van der Waals surface area (Å²) in [5.74, 6) is 0. The smallest absolute Gasteiger partial charge is 0.0701 e. The molecule has 0 heterocycles. The van der Waals surface area contributed by atoms with E-state index in [0.29, 0.717) is 6.61 Å². The Morgan fingerprint density at radius 1 is 1.67 bits per heavy atom. The van der Waals surface area contributed by atoms with Gasteiger partial charge in [-0.3, -0.25) is 0 Å². The molecule has 0 saturated carbocycles. The minimum atomic E-state index is 0.118. The summed E-state index contributed by atoms with van der Waals surface area (Å²) in [5, 5.41) is 9.30. The van der Waals surface area contributed by atoms with Crippen molar-refractivity contribution in [3.63, 3.8) is 0 Å². The van der Waals surface area contributed by atoms with Crippen molar-refractivity contribution in [1.82, 2.24) is 0 Å². The normalized spacial score (nSPS) is 13.7. The van der Waals surface area contributed by atoms with E-state index in [0.717, 1.165) is 11.8 Å². The van der Waals surface area contributed by atoms with E-state index in [1.807, 2.05) is 6.92 Å². The molecule has 0 aromatic carbocycles. The summed E-state index contributed by atoms with van der Waals surface area (Å²) in [5.41, 5.74) is 0. The van der Waals surface area contributed by atoms with Gasteiger partial charge in [-0.2, -0.15) is 0 Å². The number of aliphatic hydroxyl groups excluding tert-OH is 1. The van der Waals surface area contributed by atoms with Gasteiger partial charge in [0.05, 0.1) is 19.3 Å². The van der Waals surface area contributed by atoms with E-state index in [2.05, 4.69) is 15.9 Å². The van der Waals surface area contributed by atoms with Crippen LogP contribution in [-0.4, -0.2) is 29.8 Å². The highest BCUT2D eigenvalue weighted by atomic mass is 79.9. The van der Waals surface area contributed by atoms with Crippen molar-refractivity contribution in [3.8, 4) is 0 Å². The molecule has 0 rings (SSSR count). The van der Waals surface area contributed by atoms with Gasteiger partial charge in [0.25, 0.3) is 0 Å². The maximum atomic E-state index is 8.35. The first-order chi connectivity index (χ1) is 4.31. The van der Waals surface area contributed by atoms with Gasteiger partial charge < -0.3 is 9.84 Å². The van der Waals surface area contributed by atoms with Crippen LogP contribution in [0.4, 0.5) is 0 Å². The molecule has 1 N–H and O–H groups in total. The second kappa shape index (κ2) is 6.52. The van der Waals surface area contributed by atoms with Gasteiger partial charge in [0.1, 0.15) is 0 Å². The fraction of sp³-hybridized carbons (Fsp3) is 1.00. The van der Waals surface area contributed by atoms with Crippen LogP contribution >= 0.6 is 15.9 Å². The van der Waals surface area contributed by atoms with Crippen molar-refractivity contribution in [2.45, 2.75) is 19.4 Å². The number of rotatable bonds is 5. The summed E-state index contributed by atoms with van der Waals surface area (Å²) in [6, 6.07) is 0. The van der Waals surface area contributed by atoms with Crippen LogP contribution in [0.25, 0.3) is 0 Å². The maximum absolute atomic E-state index is 8.35. The van der Waals surface area contributed by atoms with E-state index in [4.69, 9.17) is 9.84 Å². The average molecular weight is 197 g/mol. The zero-order chi connectivity index (χ0) is 7.11. The van der Waals surface area contributed by atoms with Crippen LogP contribution in [0.3, 0.4) is 0 Å². The lowest BCUT2D eigenvalue weighted by Gasteiger charge is -2.08. The fourth-order valence-corrected chi connectivity index (χ4v) is 1.14. The predicted molar refractivity (Wildman–Crippen MR) is 40.9 cm³/mol. The number of hydrogen-bond acceptors (Lipinski definition) is 2. The molecule has 56 valence electrons. The van der Waals surface area contributed by atoms with Gasteiger partial charge in [-0.25, -0.2) is 0 Å². The number of aliphatic hydroxyl groups is 1.